The molecule has 1 N–H and O–H groups in total. The minimum atomic E-state index is -0.933. The lowest BCUT2D eigenvalue weighted by molar-refractivity contribution is -0.191. The van der Waals surface area contributed by atoms with E-state index in [1.807, 2.05) is 32.0 Å². The monoisotopic (exact) mass is 383 g/mol. The quantitative estimate of drug-likeness (QED) is 0.745. The maximum atomic E-state index is 13.6. The Balaban J connectivity index is 0.000000878. The van der Waals surface area contributed by atoms with Gasteiger partial charge in [-0.3, -0.25) is 9.78 Å². The topological polar surface area (TPSA) is 89.0 Å². The molecular weight excluding hydrogens is 368 g/mol. The van der Waals surface area contributed by atoms with Crippen LogP contribution in [0.3, 0.4) is 0 Å². The lowest BCUT2D eigenvalue weighted by Gasteiger charge is -2.08. The third kappa shape index (κ3) is 4.90. The van der Waals surface area contributed by atoms with Crippen molar-refractivity contribution in [3.8, 4) is 11.3 Å². The molecule has 0 unspecified atom stereocenters. The first kappa shape index (κ1) is 20.5. The van der Waals surface area contributed by atoms with Crippen LogP contribution in [-0.4, -0.2) is 22.0 Å². The summed E-state index contributed by atoms with van der Waals surface area (Å²) in [7, 11) is 0. The number of hydrogen-bond donors (Lipinski definition) is 1. The SMILES string of the molecule is Cc1ccc(C)c(-c2cnc(NC(=O)c3c(F)cccc3F)cn2)c1.O=C=O. The lowest BCUT2D eigenvalue weighted by Crippen LogP contribution is -2.16. The third-order valence-corrected chi connectivity index (χ3v) is 3.75. The first-order valence-corrected chi connectivity index (χ1v) is 8.01. The molecule has 3 rings (SSSR count). The molecule has 1 heterocycles. The van der Waals surface area contributed by atoms with Gasteiger partial charge in [-0.1, -0.05) is 23.8 Å². The molecule has 28 heavy (non-hydrogen) atoms. The van der Waals surface area contributed by atoms with E-state index in [9.17, 15) is 13.6 Å². The summed E-state index contributed by atoms with van der Waals surface area (Å²) in [5.74, 6) is -2.67. The van der Waals surface area contributed by atoms with Crippen LogP contribution in [0, 0.1) is 25.5 Å². The molecule has 0 saturated heterocycles. The van der Waals surface area contributed by atoms with Crippen molar-refractivity contribution < 1.29 is 23.2 Å². The Morgan fingerprint density at radius 3 is 2.21 bits per heavy atom. The molecular formula is C20H15F2N3O3. The zero-order chi connectivity index (χ0) is 20.7. The Kier molecular flexibility index (Phi) is 6.79. The molecule has 0 fully saturated rings. The molecule has 0 radical (unpaired) electrons. The highest BCUT2D eigenvalue weighted by molar-refractivity contribution is 6.04. The number of rotatable bonds is 3. The number of nitrogens with zero attached hydrogens (tertiary/aromatic N) is 2. The highest BCUT2D eigenvalue weighted by Gasteiger charge is 2.17. The second kappa shape index (κ2) is 9.25. The first-order valence-electron chi connectivity index (χ1n) is 8.01. The second-order valence-electron chi connectivity index (χ2n) is 5.74. The number of aromatic nitrogens is 2. The smallest absolute Gasteiger partial charge is 0.305 e. The number of anilines is 1. The Bertz CT molecular complexity index is 1010. The zero-order valence-electron chi connectivity index (χ0n) is 15.0. The van der Waals surface area contributed by atoms with E-state index < -0.39 is 23.1 Å². The predicted octanol–water partition coefficient (Wildman–Crippen LogP) is 3.71. The van der Waals surface area contributed by atoms with Crippen LogP contribution in [0.4, 0.5) is 14.6 Å². The van der Waals surface area contributed by atoms with E-state index in [0.29, 0.717) is 5.69 Å². The van der Waals surface area contributed by atoms with E-state index in [0.717, 1.165) is 28.8 Å². The van der Waals surface area contributed by atoms with Gasteiger partial charge < -0.3 is 5.32 Å². The standard InChI is InChI=1S/C19H15F2N3O.CO2/c1-11-6-7-12(2)13(8-11)16-9-23-17(10-22-16)24-19(25)18-14(20)4-3-5-15(18)21;2-1-3/h3-10H,1-2H3,(H,23,24,25);. The van der Waals surface area contributed by atoms with Crippen molar-refractivity contribution in [3.63, 3.8) is 0 Å². The highest BCUT2D eigenvalue weighted by Crippen LogP contribution is 2.22. The van der Waals surface area contributed by atoms with Gasteiger partial charge in [-0.25, -0.2) is 13.8 Å². The maximum absolute atomic E-state index is 13.6. The number of carbonyl (C=O) groups is 1. The van der Waals surface area contributed by atoms with Gasteiger partial charge in [0.15, 0.2) is 5.82 Å². The summed E-state index contributed by atoms with van der Waals surface area (Å²) in [6, 6.07) is 9.22. The molecule has 0 aliphatic carbocycles. The number of amides is 1. The van der Waals surface area contributed by atoms with Crippen molar-refractivity contribution in [2.45, 2.75) is 13.8 Å². The molecule has 1 amide bonds. The number of aryl methyl sites for hydroxylation is 2. The fourth-order valence-electron chi connectivity index (χ4n) is 2.44. The van der Waals surface area contributed by atoms with Gasteiger partial charge in [0.05, 0.1) is 18.1 Å². The fourth-order valence-corrected chi connectivity index (χ4v) is 2.44. The Labute approximate surface area is 159 Å². The van der Waals surface area contributed by atoms with Crippen LogP contribution in [0.2, 0.25) is 0 Å². The van der Waals surface area contributed by atoms with E-state index >= 15 is 0 Å². The van der Waals surface area contributed by atoms with Crippen LogP contribution in [0.15, 0.2) is 48.8 Å². The molecule has 0 aliphatic heterocycles. The molecule has 0 saturated carbocycles. The number of carbonyl (C=O) groups excluding carboxylic acids is 3. The molecule has 142 valence electrons. The number of halogens is 2. The van der Waals surface area contributed by atoms with Gasteiger partial charge in [0.25, 0.3) is 5.91 Å². The van der Waals surface area contributed by atoms with Crippen molar-refractivity contribution in [1.29, 1.82) is 0 Å². The summed E-state index contributed by atoms with van der Waals surface area (Å²) in [6.07, 6.45) is 3.11. The van der Waals surface area contributed by atoms with Crippen molar-refractivity contribution in [2.24, 2.45) is 0 Å². The Morgan fingerprint density at radius 2 is 1.64 bits per heavy atom. The van der Waals surface area contributed by atoms with E-state index in [2.05, 4.69) is 15.3 Å². The van der Waals surface area contributed by atoms with Gasteiger partial charge in [-0.05, 0) is 37.6 Å². The minimum Gasteiger partial charge on any atom is -0.305 e. The highest BCUT2D eigenvalue weighted by atomic mass is 19.1. The van der Waals surface area contributed by atoms with E-state index in [-0.39, 0.29) is 12.0 Å². The Hall–Kier alpha value is -3.77. The molecule has 0 spiro atoms. The largest absolute Gasteiger partial charge is 0.373 e. The van der Waals surface area contributed by atoms with Crippen LogP contribution in [-0.2, 0) is 9.59 Å². The molecule has 8 heteroatoms. The zero-order valence-corrected chi connectivity index (χ0v) is 15.0. The van der Waals surface area contributed by atoms with Crippen LogP contribution < -0.4 is 5.32 Å². The van der Waals surface area contributed by atoms with Gasteiger partial charge >= 0.3 is 6.15 Å². The molecule has 0 aliphatic rings. The molecule has 2 aromatic carbocycles. The summed E-state index contributed by atoms with van der Waals surface area (Å²) >= 11 is 0. The van der Waals surface area contributed by atoms with Gasteiger partial charge in [0.2, 0.25) is 0 Å². The van der Waals surface area contributed by atoms with Crippen molar-refractivity contribution in [1.82, 2.24) is 9.97 Å². The average Bonchev–Trinajstić information content (AvgIpc) is 2.65. The number of hydrogen-bond acceptors (Lipinski definition) is 5. The second-order valence-corrected chi connectivity index (χ2v) is 5.74. The summed E-state index contributed by atoms with van der Waals surface area (Å²) in [5, 5.41) is 2.35. The van der Waals surface area contributed by atoms with E-state index in [1.54, 1.807) is 0 Å². The molecule has 3 aromatic rings. The van der Waals surface area contributed by atoms with Gasteiger partial charge in [-0.2, -0.15) is 9.59 Å². The maximum Gasteiger partial charge on any atom is 0.373 e. The summed E-state index contributed by atoms with van der Waals surface area (Å²) < 4.78 is 27.3. The first-order chi connectivity index (χ1) is 13.4. The normalized spacial score (nSPS) is 9.71. The van der Waals surface area contributed by atoms with Gasteiger partial charge in [0, 0.05) is 5.56 Å². The third-order valence-electron chi connectivity index (χ3n) is 3.75. The van der Waals surface area contributed by atoms with Gasteiger partial charge in [0.1, 0.15) is 17.2 Å². The van der Waals surface area contributed by atoms with E-state index in [1.165, 1.54) is 18.5 Å². The van der Waals surface area contributed by atoms with Crippen LogP contribution >= 0.6 is 0 Å². The number of benzene rings is 2. The molecule has 1 aromatic heterocycles. The summed E-state index contributed by atoms with van der Waals surface area (Å²) in [5.41, 5.74) is 3.07. The predicted molar refractivity (Wildman–Crippen MR) is 96.3 cm³/mol. The molecule has 0 bridgehead atoms. The Morgan fingerprint density at radius 1 is 1.00 bits per heavy atom. The number of nitrogens with one attached hydrogen (secondary N) is 1. The van der Waals surface area contributed by atoms with Crippen molar-refractivity contribution in [3.05, 3.63) is 77.1 Å². The van der Waals surface area contributed by atoms with Crippen molar-refractivity contribution >= 4 is 17.9 Å². The molecule has 0 atom stereocenters. The molecule has 6 nitrogen and oxygen atoms in total. The van der Waals surface area contributed by atoms with Gasteiger partial charge in [-0.15, -0.1) is 0 Å². The summed E-state index contributed by atoms with van der Waals surface area (Å²) in [4.78, 5) is 36.7. The summed E-state index contributed by atoms with van der Waals surface area (Å²) in [6.45, 7) is 3.95. The van der Waals surface area contributed by atoms with Crippen LogP contribution in [0.1, 0.15) is 21.5 Å². The van der Waals surface area contributed by atoms with Crippen LogP contribution in [0.5, 0.6) is 0 Å². The average molecular weight is 383 g/mol. The van der Waals surface area contributed by atoms with Crippen molar-refractivity contribution in [2.75, 3.05) is 5.32 Å². The van der Waals surface area contributed by atoms with E-state index in [4.69, 9.17) is 9.59 Å². The fraction of sp³-hybridized carbons (Fsp3) is 0.100. The minimum absolute atomic E-state index is 0.113. The lowest BCUT2D eigenvalue weighted by atomic mass is 10.0. The van der Waals surface area contributed by atoms with Crippen LogP contribution in [0.25, 0.3) is 11.3 Å².